The Bertz CT molecular complexity index is 978. The van der Waals surface area contributed by atoms with E-state index in [1.165, 1.54) is 0 Å². The van der Waals surface area contributed by atoms with Crippen molar-refractivity contribution in [1.82, 2.24) is 14.9 Å². The third kappa shape index (κ3) is 3.68. The first-order valence-corrected chi connectivity index (χ1v) is 9.77. The van der Waals surface area contributed by atoms with Gasteiger partial charge in [0.25, 0.3) is 0 Å². The molecule has 0 amide bonds. The van der Waals surface area contributed by atoms with Crippen molar-refractivity contribution in [3.63, 3.8) is 0 Å². The molecule has 0 aliphatic heterocycles. The monoisotopic (exact) mass is 371 g/mol. The van der Waals surface area contributed by atoms with Crippen LogP contribution in [0.25, 0.3) is 0 Å². The predicted molar refractivity (Wildman–Crippen MR) is 98.4 cm³/mol. The fourth-order valence-corrected chi connectivity index (χ4v) is 4.43. The minimum atomic E-state index is -3.74. The van der Waals surface area contributed by atoms with Crippen LogP contribution >= 0.6 is 0 Å². The van der Waals surface area contributed by atoms with Gasteiger partial charge in [0.05, 0.1) is 0 Å². The van der Waals surface area contributed by atoms with E-state index in [0.717, 1.165) is 16.8 Å². The standard InChI is InChI=1S/C19H21N3O3S/c1-13-8-4-5-9-16(13)17(18-10-6-7-11-20-18)12-21-26(23,24)19-14(2)22-25-15(19)3/h4-11,17,21H,12H2,1-3H3. The van der Waals surface area contributed by atoms with Gasteiger partial charge < -0.3 is 4.52 Å². The van der Waals surface area contributed by atoms with Crippen LogP contribution in [0.4, 0.5) is 0 Å². The second kappa shape index (κ2) is 7.39. The minimum absolute atomic E-state index is 0.0991. The van der Waals surface area contributed by atoms with Crippen molar-refractivity contribution < 1.29 is 12.9 Å². The molecular formula is C19H21N3O3S. The average Bonchev–Trinajstić information content (AvgIpc) is 2.97. The molecule has 0 saturated heterocycles. The van der Waals surface area contributed by atoms with E-state index in [1.54, 1.807) is 20.0 Å². The fraction of sp³-hybridized carbons (Fsp3) is 0.263. The van der Waals surface area contributed by atoms with Gasteiger partial charge in [-0.1, -0.05) is 35.5 Å². The first-order valence-electron chi connectivity index (χ1n) is 8.29. The van der Waals surface area contributed by atoms with Gasteiger partial charge in [-0.05, 0) is 44.0 Å². The molecule has 3 rings (SSSR count). The Morgan fingerprint density at radius 2 is 1.81 bits per heavy atom. The minimum Gasteiger partial charge on any atom is -0.360 e. The molecule has 0 aliphatic carbocycles. The lowest BCUT2D eigenvalue weighted by molar-refractivity contribution is 0.390. The van der Waals surface area contributed by atoms with Gasteiger partial charge in [0.15, 0.2) is 5.76 Å². The lowest BCUT2D eigenvalue weighted by Gasteiger charge is -2.19. The lowest BCUT2D eigenvalue weighted by atomic mass is 9.92. The van der Waals surface area contributed by atoms with Gasteiger partial charge in [0.1, 0.15) is 10.6 Å². The first kappa shape index (κ1) is 18.3. The highest BCUT2D eigenvalue weighted by Crippen LogP contribution is 2.26. The van der Waals surface area contributed by atoms with E-state index in [1.807, 2.05) is 49.4 Å². The van der Waals surface area contributed by atoms with Crippen LogP contribution in [0.3, 0.4) is 0 Å². The predicted octanol–water partition coefficient (Wildman–Crippen LogP) is 3.11. The molecule has 136 valence electrons. The van der Waals surface area contributed by atoms with Gasteiger partial charge in [0.2, 0.25) is 10.0 Å². The molecule has 1 atom stereocenters. The third-order valence-electron chi connectivity index (χ3n) is 4.32. The molecule has 0 radical (unpaired) electrons. The highest BCUT2D eigenvalue weighted by molar-refractivity contribution is 7.89. The number of benzene rings is 1. The Hall–Kier alpha value is -2.51. The van der Waals surface area contributed by atoms with E-state index >= 15 is 0 Å². The van der Waals surface area contributed by atoms with Crippen molar-refractivity contribution >= 4 is 10.0 Å². The van der Waals surface area contributed by atoms with Crippen LogP contribution in [-0.2, 0) is 10.0 Å². The van der Waals surface area contributed by atoms with E-state index in [-0.39, 0.29) is 23.1 Å². The van der Waals surface area contributed by atoms with Crippen molar-refractivity contribution in [2.24, 2.45) is 0 Å². The van der Waals surface area contributed by atoms with Gasteiger partial charge in [-0.15, -0.1) is 0 Å². The number of nitrogens with zero attached hydrogens (tertiary/aromatic N) is 2. The second-order valence-corrected chi connectivity index (χ2v) is 7.87. The lowest BCUT2D eigenvalue weighted by Crippen LogP contribution is -2.30. The van der Waals surface area contributed by atoms with Crippen LogP contribution in [0.5, 0.6) is 0 Å². The number of rotatable bonds is 6. The zero-order chi connectivity index (χ0) is 18.7. The maximum atomic E-state index is 12.8. The Morgan fingerprint density at radius 3 is 2.42 bits per heavy atom. The van der Waals surface area contributed by atoms with Gasteiger partial charge >= 0.3 is 0 Å². The topological polar surface area (TPSA) is 85.1 Å². The van der Waals surface area contributed by atoms with Crippen LogP contribution in [0, 0.1) is 20.8 Å². The van der Waals surface area contributed by atoms with Crippen molar-refractivity contribution in [1.29, 1.82) is 0 Å². The molecule has 1 N–H and O–H groups in total. The number of hydrogen-bond donors (Lipinski definition) is 1. The molecule has 26 heavy (non-hydrogen) atoms. The van der Waals surface area contributed by atoms with Crippen LogP contribution in [0.2, 0.25) is 0 Å². The SMILES string of the molecule is Cc1ccccc1C(CNS(=O)(=O)c1c(C)noc1C)c1ccccn1. The maximum Gasteiger partial charge on any atom is 0.245 e. The van der Waals surface area contributed by atoms with Crippen LogP contribution < -0.4 is 4.72 Å². The summed E-state index contributed by atoms with van der Waals surface area (Å²) in [5.74, 6) is 0.0768. The Labute approximate surface area is 153 Å². The molecule has 1 unspecified atom stereocenters. The van der Waals surface area contributed by atoms with E-state index in [9.17, 15) is 8.42 Å². The van der Waals surface area contributed by atoms with Gasteiger partial charge in [-0.25, -0.2) is 13.1 Å². The number of pyridine rings is 1. The fourth-order valence-electron chi connectivity index (χ4n) is 3.06. The maximum absolute atomic E-state index is 12.8. The van der Waals surface area contributed by atoms with E-state index in [4.69, 9.17) is 4.52 Å². The van der Waals surface area contributed by atoms with Gasteiger partial charge in [-0.2, -0.15) is 0 Å². The van der Waals surface area contributed by atoms with E-state index in [0.29, 0.717) is 5.69 Å². The summed E-state index contributed by atoms with van der Waals surface area (Å²) in [7, 11) is -3.74. The normalized spacial score (nSPS) is 12.9. The molecule has 0 saturated carbocycles. The van der Waals surface area contributed by atoms with Gasteiger partial charge in [-0.3, -0.25) is 4.98 Å². The summed E-state index contributed by atoms with van der Waals surface area (Å²) in [6.45, 7) is 5.40. The highest BCUT2D eigenvalue weighted by Gasteiger charge is 2.26. The number of sulfonamides is 1. The molecule has 0 bridgehead atoms. The quantitative estimate of drug-likeness (QED) is 0.720. The molecule has 1 aromatic carbocycles. The summed E-state index contributed by atoms with van der Waals surface area (Å²) in [5.41, 5.74) is 3.27. The number of aryl methyl sites for hydroxylation is 3. The molecule has 0 spiro atoms. The van der Waals surface area contributed by atoms with Crippen LogP contribution in [-0.4, -0.2) is 25.1 Å². The summed E-state index contributed by atoms with van der Waals surface area (Å²) < 4.78 is 33.2. The summed E-state index contributed by atoms with van der Waals surface area (Å²) in [4.78, 5) is 4.53. The smallest absolute Gasteiger partial charge is 0.245 e. The Balaban J connectivity index is 1.94. The zero-order valence-corrected chi connectivity index (χ0v) is 15.7. The van der Waals surface area contributed by atoms with Crippen molar-refractivity contribution in [2.75, 3.05) is 6.54 Å². The molecular weight excluding hydrogens is 350 g/mol. The Kier molecular flexibility index (Phi) is 5.20. The average molecular weight is 371 g/mol. The number of nitrogens with one attached hydrogen (secondary N) is 1. The van der Waals surface area contributed by atoms with Crippen LogP contribution in [0.15, 0.2) is 58.1 Å². The zero-order valence-electron chi connectivity index (χ0n) is 14.9. The summed E-state index contributed by atoms with van der Waals surface area (Å²) in [5, 5.41) is 3.73. The molecule has 0 aliphatic rings. The van der Waals surface area contributed by atoms with E-state index < -0.39 is 10.0 Å². The number of hydrogen-bond acceptors (Lipinski definition) is 5. The molecule has 2 heterocycles. The van der Waals surface area contributed by atoms with Crippen molar-refractivity contribution in [2.45, 2.75) is 31.6 Å². The summed E-state index contributed by atoms with van der Waals surface area (Å²) in [6.07, 6.45) is 1.71. The molecule has 0 fully saturated rings. The summed E-state index contributed by atoms with van der Waals surface area (Å²) >= 11 is 0. The molecule has 7 heteroatoms. The van der Waals surface area contributed by atoms with Crippen molar-refractivity contribution in [3.05, 3.63) is 76.9 Å². The molecule has 3 aromatic rings. The molecule has 2 aromatic heterocycles. The van der Waals surface area contributed by atoms with Crippen molar-refractivity contribution in [3.8, 4) is 0 Å². The van der Waals surface area contributed by atoms with E-state index in [2.05, 4.69) is 14.9 Å². The number of aromatic nitrogens is 2. The van der Waals surface area contributed by atoms with Crippen LogP contribution in [0.1, 0.15) is 34.2 Å². The Morgan fingerprint density at radius 1 is 1.08 bits per heavy atom. The highest BCUT2D eigenvalue weighted by atomic mass is 32.2. The summed E-state index contributed by atoms with van der Waals surface area (Å²) in [6, 6.07) is 13.6. The van der Waals surface area contributed by atoms with Gasteiger partial charge in [0, 0.05) is 24.4 Å². The third-order valence-corrected chi connectivity index (χ3v) is 5.99. The second-order valence-electron chi connectivity index (χ2n) is 6.17. The first-order chi connectivity index (χ1) is 12.4. The molecule has 6 nitrogen and oxygen atoms in total. The largest absolute Gasteiger partial charge is 0.360 e.